The van der Waals surface area contributed by atoms with E-state index < -0.39 is 0 Å². The number of piperidine rings is 1. The van der Waals surface area contributed by atoms with Crippen LogP contribution in [0.4, 0.5) is 0 Å². The minimum Gasteiger partial charge on any atom is -0.495 e. The summed E-state index contributed by atoms with van der Waals surface area (Å²) in [7, 11) is 3.15. The van der Waals surface area contributed by atoms with Gasteiger partial charge in [0.2, 0.25) is 0 Å². The number of ether oxygens (including phenoxy) is 2. The zero-order valence-corrected chi connectivity index (χ0v) is 17.5. The van der Waals surface area contributed by atoms with Crippen LogP contribution in [0.15, 0.2) is 40.9 Å². The molecule has 146 valence electrons. The lowest BCUT2D eigenvalue weighted by atomic mass is 9.96. The fraction of sp³-hybridized carbons (Fsp3) is 0.333. The van der Waals surface area contributed by atoms with Crippen molar-refractivity contribution in [2.24, 2.45) is 0 Å². The molecule has 0 spiro atoms. The topological polar surface area (TPSA) is 67.5 Å². The monoisotopic (exact) mass is 443 g/mol. The number of methoxy groups -OCH3 is 2. The second kappa shape index (κ2) is 7.83. The van der Waals surface area contributed by atoms with Gasteiger partial charge in [-0.25, -0.2) is 4.98 Å². The first-order chi connectivity index (χ1) is 13.6. The smallest absolute Gasteiger partial charge is 0.254 e. The van der Waals surface area contributed by atoms with Crippen LogP contribution in [0.1, 0.15) is 34.9 Å². The summed E-state index contributed by atoms with van der Waals surface area (Å²) in [5, 5.41) is 0. The Bertz CT molecular complexity index is 959. The lowest BCUT2D eigenvalue weighted by molar-refractivity contribution is 0.0704. The third kappa shape index (κ3) is 3.46. The number of rotatable bonds is 4. The van der Waals surface area contributed by atoms with Gasteiger partial charge >= 0.3 is 0 Å². The van der Waals surface area contributed by atoms with Crippen molar-refractivity contribution < 1.29 is 14.3 Å². The van der Waals surface area contributed by atoms with E-state index in [9.17, 15) is 4.79 Å². The van der Waals surface area contributed by atoms with E-state index in [0.717, 1.165) is 36.2 Å². The van der Waals surface area contributed by atoms with E-state index in [2.05, 4.69) is 20.9 Å². The van der Waals surface area contributed by atoms with Crippen molar-refractivity contribution in [1.29, 1.82) is 0 Å². The van der Waals surface area contributed by atoms with Gasteiger partial charge in [0.15, 0.2) is 0 Å². The predicted octanol–water partition coefficient (Wildman–Crippen LogP) is 4.36. The number of aromatic nitrogens is 2. The van der Waals surface area contributed by atoms with E-state index in [1.165, 1.54) is 0 Å². The third-order valence-corrected chi connectivity index (χ3v) is 5.98. The molecule has 0 radical (unpaired) electrons. The van der Waals surface area contributed by atoms with Gasteiger partial charge in [0.25, 0.3) is 5.91 Å². The van der Waals surface area contributed by atoms with E-state index in [1.54, 1.807) is 26.4 Å². The molecule has 4 rings (SSSR count). The third-order valence-electron chi connectivity index (χ3n) is 5.20. The van der Waals surface area contributed by atoms with Crippen LogP contribution in [-0.2, 0) is 0 Å². The average Bonchev–Trinajstić information content (AvgIpc) is 3.18. The molecule has 0 saturated carbocycles. The predicted molar refractivity (Wildman–Crippen MR) is 111 cm³/mol. The number of carbonyl (C=O) groups is 1. The van der Waals surface area contributed by atoms with Gasteiger partial charge in [-0.05, 0) is 53.0 Å². The maximum Gasteiger partial charge on any atom is 0.254 e. The van der Waals surface area contributed by atoms with Crippen molar-refractivity contribution >= 4 is 32.9 Å². The summed E-state index contributed by atoms with van der Waals surface area (Å²) in [5.41, 5.74) is 2.55. The van der Waals surface area contributed by atoms with Crippen molar-refractivity contribution in [2.75, 3.05) is 27.3 Å². The van der Waals surface area contributed by atoms with Gasteiger partial charge in [0, 0.05) is 24.6 Å². The summed E-state index contributed by atoms with van der Waals surface area (Å²) in [6.45, 7) is 1.37. The zero-order valence-electron chi connectivity index (χ0n) is 15.9. The van der Waals surface area contributed by atoms with Crippen LogP contribution in [0.3, 0.4) is 0 Å². The van der Waals surface area contributed by atoms with Crippen molar-refractivity contribution in [3.8, 4) is 11.5 Å². The van der Waals surface area contributed by atoms with Crippen molar-refractivity contribution in [3.63, 3.8) is 0 Å². The number of imidazole rings is 1. The number of aromatic amines is 1. The number of amides is 1. The molecular weight excluding hydrogens is 422 g/mol. The number of nitrogens with one attached hydrogen (secondary N) is 1. The highest BCUT2D eigenvalue weighted by Crippen LogP contribution is 2.36. The van der Waals surface area contributed by atoms with Gasteiger partial charge in [-0.3, -0.25) is 4.79 Å². The second-order valence-corrected chi connectivity index (χ2v) is 7.72. The van der Waals surface area contributed by atoms with Gasteiger partial charge < -0.3 is 19.4 Å². The summed E-state index contributed by atoms with van der Waals surface area (Å²) in [6.07, 6.45) is 1.95. The molecule has 1 aliphatic heterocycles. The van der Waals surface area contributed by atoms with Crippen LogP contribution >= 0.6 is 15.9 Å². The number of carbonyl (C=O) groups excluding carboxylic acids is 1. The summed E-state index contributed by atoms with van der Waals surface area (Å²) in [5.74, 6) is 2.28. The number of H-pyrrole nitrogens is 1. The summed E-state index contributed by atoms with van der Waals surface area (Å²) in [4.78, 5) is 23.2. The molecule has 1 fully saturated rings. The number of para-hydroxylation sites is 2. The molecule has 28 heavy (non-hydrogen) atoms. The number of hydrogen-bond donors (Lipinski definition) is 1. The molecule has 1 aromatic heterocycles. The van der Waals surface area contributed by atoms with Crippen LogP contribution < -0.4 is 9.47 Å². The Labute approximate surface area is 172 Å². The molecule has 1 atom stereocenters. The molecule has 1 N–H and O–H groups in total. The van der Waals surface area contributed by atoms with Crippen LogP contribution in [0.5, 0.6) is 11.5 Å². The SMILES string of the molecule is COc1cc(C(=O)N2CCC[C@H](c3nc4ccccc4[nH]3)C2)cc(OC)c1Br. The number of benzene rings is 2. The van der Waals surface area contributed by atoms with Gasteiger partial charge in [-0.2, -0.15) is 0 Å². The molecule has 0 unspecified atom stereocenters. The highest BCUT2D eigenvalue weighted by Gasteiger charge is 2.28. The number of fused-ring (bicyclic) bond motifs is 1. The normalized spacial score (nSPS) is 17.0. The van der Waals surface area contributed by atoms with Crippen molar-refractivity contribution in [3.05, 3.63) is 52.3 Å². The highest BCUT2D eigenvalue weighted by atomic mass is 79.9. The van der Waals surface area contributed by atoms with E-state index in [1.807, 2.05) is 29.2 Å². The fourth-order valence-electron chi connectivity index (χ4n) is 3.73. The lowest BCUT2D eigenvalue weighted by Crippen LogP contribution is -2.39. The molecule has 6 nitrogen and oxygen atoms in total. The molecule has 1 saturated heterocycles. The number of halogens is 1. The standard InChI is InChI=1S/C21H22BrN3O3/c1-27-17-10-14(11-18(28-2)19(17)22)21(26)25-9-5-6-13(12-25)20-23-15-7-3-4-8-16(15)24-20/h3-4,7-8,10-11,13H,5-6,9,12H2,1-2H3,(H,23,24)/t13-/m0/s1. The van der Waals surface area contributed by atoms with Crippen LogP contribution in [-0.4, -0.2) is 48.1 Å². The summed E-state index contributed by atoms with van der Waals surface area (Å²) < 4.78 is 11.5. The first-order valence-electron chi connectivity index (χ1n) is 9.26. The molecule has 2 heterocycles. The molecule has 1 aliphatic rings. The molecular formula is C21H22BrN3O3. The van der Waals surface area contributed by atoms with Gasteiger partial charge in [-0.15, -0.1) is 0 Å². The lowest BCUT2D eigenvalue weighted by Gasteiger charge is -2.32. The van der Waals surface area contributed by atoms with E-state index >= 15 is 0 Å². The van der Waals surface area contributed by atoms with Crippen molar-refractivity contribution in [2.45, 2.75) is 18.8 Å². The zero-order chi connectivity index (χ0) is 19.7. The minimum atomic E-state index is -0.0232. The van der Waals surface area contributed by atoms with Crippen LogP contribution in [0.2, 0.25) is 0 Å². The molecule has 7 heteroatoms. The Balaban J connectivity index is 1.58. The summed E-state index contributed by atoms with van der Waals surface area (Å²) >= 11 is 3.45. The van der Waals surface area contributed by atoms with Crippen LogP contribution in [0, 0.1) is 0 Å². The van der Waals surface area contributed by atoms with E-state index in [0.29, 0.717) is 28.1 Å². The maximum absolute atomic E-state index is 13.2. The quantitative estimate of drug-likeness (QED) is 0.650. The first kappa shape index (κ1) is 18.8. The van der Waals surface area contributed by atoms with Crippen molar-refractivity contribution in [1.82, 2.24) is 14.9 Å². The highest BCUT2D eigenvalue weighted by molar-refractivity contribution is 9.10. The molecule has 1 amide bonds. The Morgan fingerprint density at radius 3 is 2.61 bits per heavy atom. The van der Waals surface area contributed by atoms with Gasteiger partial charge in [0.05, 0.1) is 25.3 Å². The second-order valence-electron chi connectivity index (χ2n) is 6.92. The number of hydrogen-bond acceptors (Lipinski definition) is 4. The average molecular weight is 444 g/mol. The fourth-order valence-corrected chi connectivity index (χ4v) is 4.28. The molecule has 0 bridgehead atoms. The van der Waals surface area contributed by atoms with E-state index in [-0.39, 0.29) is 11.8 Å². The van der Waals surface area contributed by atoms with Gasteiger partial charge in [-0.1, -0.05) is 12.1 Å². The van der Waals surface area contributed by atoms with Crippen LogP contribution in [0.25, 0.3) is 11.0 Å². The Kier molecular flexibility index (Phi) is 5.26. The Hall–Kier alpha value is -2.54. The summed E-state index contributed by atoms with van der Waals surface area (Å²) in [6, 6.07) is 11.5. The largest absolute Gasteiger partial charge is 0.495 e. The van der Waals surface area contributed by atoms with E-state index in [4.69, 9.17) is 14.5 Å². The Morgan fingerprint density at radius 2 is 1.93 bits per heavy atom. The number of nitrogens with zero attached hydrogens (tertiary/aromatic N) is 2. The molecule has 3 aromatic rings. The van der Waals surface area contributed by atoms with Gasteiger partial charge in [0.1, 0.15) is 21.8 Å². The Morgan fingerprint density at radius 1 is 1.21 bits per heavy atom. The minimum absolute atomic E-state index is 0.0232. The maximum atomic E-state index is 13.2. The molecule has 0 aliphatic carbocycles. The number of likely N-dealkylation sites (tertiary alicyclic amines) is 1. The first-order valence-corrected chi connectivity index (χ1v) is 10.1. The molecule has 2 aromatic carbocycles.